The van der Waals surface area contributed by atoms with Crippen LogP contribution < -0.4 is 0 Å². The van der Waals surface area contributed by atoms with Crippen molar-refractivity contribution in [3.63, 3.8) is 0 Å². The monoisotopic (exact) mass is 321 g/mol. The average molecular weight is 321 g/mol. The van der Waals surface area contributed by atoms with E-state index < -0.39 is 16.0 Å². The number of thioether (sulfide) groups is 1. The highest BCUT2D eigenvalue weighted by Gasteiger charge is 2.30. The second-order valence-corrected chi connectivity index (χ2v) is 8.28. The van der Waals surface area contributed by atoms with E-state index in [-0.39, 0.29) is 9.77 Å². The van der Waals surface area contributed by atoms with Gasteiger partial charge >= 0.3 is 5.97 Å². The summed E-state index contributed by atoms with van der Waals surface area (Å²) in [5.41, 5.74) is 0. The minimum atomic E-state index is -3.54. The number of rotatable bonds is 4. The number of sulfonamides is 1. The van der Waals surface area contributed by atoms with E-state index in [2.05, 4.69) is 0 Å². The minimum absolute atomic E-state index is 0.0533. The van der Waals surface area contributed by atoms with E-state index in [9.17, 15) is 13.2 Å². The first-order valence-corrected chi connectivity index (χ1v) is 9.40. The van der Waals surface area contributed by atoms with Crippen molar-refractivity contribution in [1.82, 2.24) is 4.31 Å². The molecular weight excluding hydrogens is 306 g/mol. The van der Waals surface area contributed by atoms with Crippen LogP contribution in [0.4, 0.5) is 0 Å². The lowest BCUT2D eigenvalue weighted by atomic mass is 10.2. The van der Waals surface area contributed by atoms with Gasteiger partial charge in [0.25, 0.3) is 0 Å². The Labute approximate surface area is 120 Å². The molecule has 0 unspecified atom stereocenters. The fourth-order valence-electron chi connectivity index (χ4n) is 2.02. The van der Waals surface area contributed by atoms with Gasteiger partial charge in [-0.25, -0.2) is 13.2 Å². The molecule has 1 fully saturated rings. The number of thiophene rings is 1. The second-order valence-electron chi connectivity index (χ2n) is 4.29. The lowest BCUT2D eigenvalue weighted by Gasteiger charge is -2.29. The van der Waals surface area contributed by atoms with E-state index in [1.54, 1.807) is 11.8 Å². The minimum Gasteiger partial charge on any atom is -0.477 e. The van der Waals surface area contributed by atoms with Gasteiger partial charge in [0.15, 0.2) is 0 Å². The molecule has 1 aliphatic heterocycles. The van der Waals surface area contributed by atoms with E-state index in [0.717, 1.165) is 24.2 Å². The summed E-state index contributed by atoms with van der Waals surface area (Å²) in [4.78, 5) is 10.9. The number of piperidine rings is 1. The lowest BCUT2D eigenvalue weighted by molar-refractivity contribution is 0.0702. The number of carboxylic acid groups (broad SMARTS) is 1. The van der Waals surface area contributed by atoms with Crippen LogP contribution in [0.15, 0.2) is 16.3 Å². The zero-order chi connectivity index (χ0) is 14.0. The van der Waals surface area contributed by atoms with E-state index in [1.165, 1.54) is 15.8 Å². The summed E-state index contributed by atoms with van der Waals surface area (Å²) in [7, 11) is -3.54. The first-order chi connectivity index (χ1) is 8.95. The summed E-state index contributed by atoms with van der Waals surface area (Å²) in [5, 5.41) is 10.8. The molecule has 0 bridgehead atoms. The highest BCUT2D eigenvalue weighted by Crippen LogP contribution is 2.27. The molecule has 0 aliphatic carbocycles. The lowest BCUT2D eigenvalue weighted by Crippen LogP contribution is -2.39. The van der Waals surface area contributed by atoms with Crippen LogP contribution in [0.3, 0.4) is 0 Å². The fraction of sp³-hybridized carbons (Fsp3) is 0.545. The van der Waals surface area contributed by atoms with Crippen molar-refractivity contribution in [2.75, 3.05) is 19.3 Å². The third kappa shape index (κ3) is 3.13. The highest BCUT2D eigenvalue weighted by molar-refractivity contribution is 7.99. The van der Waals surface area contributed by atoms with Crippen LogP contribution in [0.1, 0.15) is 22.5 Å². The topological polar surface area (TPSA) is 74.7 Å². The first-order valence-electron chi connectivity index (χ1n) is 5.80. The maximum Gasteiger partial charge on any atom is 0.345 e. The number of carbonyl (C=O) groups is 1. The fourth-order valence-corrected chi connectivity index (χ4v) is 5.27. The number of hydrogen-bond acceptors (Lipinski definition) is 5. The summed E-state index contributed by atoms with van der Waals surface area (Å²) in [6.45, 7) is 1.01. The molecule has 0 saturated carbocycles. The van der Waals surface area contributed by atoms with Crippen LogP contribution in [0.2, 0.25) is 0 Å². The molecule has 5 nitrogen and oxygen atoms in total. The molecule has 0 radical (unpaired) electrons. The summed E-state index contributed by atoms with van der Waals surface area (Å²) >= 11 is 2.71. The van der Waals surface area contributed by atoms with Gasteiger partial charge in [-0.3, -0.25) is 0 Å². The largest absolute Gasteiger partial charge is 0.477 e. The van der Waals surface area contributed by atoms with Crippen LogP contribution in [0, 0.1) is 0 Å². The summed E-state index contributed by atoms with van der Waals surface area (Å²) in [5.74, 6) is -1.09. The first kappa shape index (κ1) is 14.8. The smallest absolute Gasteiger partial charge is 0.345 e. The molecule has 1 aromatic rings. The highest BCUT2D eigenvalue weighted by atomic mass is 32.2. The molecule has 8 heteroatoms. The normalized spacial score (nSPS) is 18.6. The Balaban J connectivity index is 2.16. The van der Waals surface area contributed by atoms with Crippen LogP contribution in [0.25, 0.3) is 0 Å². The molecule has 1 aromatic heterocycles. The SMILES string of the molecule is CSC1CCN(S(=O)(=O)c2csc(C(=O)O)c2)CC1. The molecule has 2 rings (SSSR count). The number of carboxylic acids is 1. The Morgan fingerprint density at radius 2 is 2.11 bits per heavy atom. The van der Waals surface area contributed by atoms with Crippen molar-refractivity contribution in [3.8, 4) is 0 Å². The third-order valence-electron chi connectivity index (χ3n) is 3.16. The van der Waals surface area contributed by atoms with Crippen molar-refractivity contribution in [1.29, 1.82) is 0 Å². The molecule has 0 atom stereocenters. The van der Waals surface area contributed by atoms with Gasteiger partial charge in [-0.1, -0.05) is 0 Å². The molecule has 2 heterocycles. The quantitative estimate of drug-likeness (QED) is 0.917. The summed E-state index contributed by atoms with van der Waals surface area (Å²) < 4.78 is 26.2. The van der Waals surface area contributed by atoms with Gasteiger partial charge in [0.1, 0.15) is 4.88 Å². The summed E-state index contributed by atoms with van der Waals surface area (Å²) in [6, 6.07) is 1.24. The molecule has 19 heavy (non-hydrogen) atoms. The number of hydrogen-bond donors (Lipinski definition) is 1. The van der Waals surface area contributed by atoms with E-state index >= 15 is 0 Å². The Kier molecular flexibility index (Phi) is 4.54. The molecule has 1 saturated heterocycles. The van der Waals surface area contributed by atoms with Gasteiger partial charge in [-0.2, -0.15) is 16.1 Å². The van der Waals surface area contributed by atoms with Crippen molar-refractivity contribution in [3.05, 3.63) is 16.3 Å². The molecule has 0 amide bonds. The Morgan fingerprint density at radius 1 is 1.47 bits per heavy atom. The van der Waals surface area contributed by atoms with Gasteiger partial charge < -0.3 is 5.11 Å². The molecule has 0 spiro atoms. The predicted molar refractivity (Wildman–Crippen MR) is 76.6 cm³/mol. The maximum atomic E-state index is 12.4. The third-order valence-corrected chi connectivity index (χ3v) is 7.24. The van der Waals surface area contributed by atoms with Crippen molar-refractivity contribution in [2.24, 2.45) is 0 Å². The van der Waals surface area contributed by atoms with Crippen LogP contribution in [-0.4, -0.2) is 48.4 Å². The maximum absolute atomic E-state index is 12.4. The molecule has 1 aliphatic rings. The van der Waals surface area contributed by atoms with Gasteiger partial charge in [0.2, 0.25) is 10.0 Å². The molecule has 0 aromatic carbocycles. The number of aromatic carboxylic acids is 1. The van der Waals surface area contributed by atoms with Gasteiger partial charge in [0, 0.05) is 23.7 Å². The van der Waals surface area contributed by atoms with Crippen LogP contribution in [-0.2, 0) is 10.0 Å². The Bertz CT molecular complexity index is 558. The second kappa shape index (κ2) is 5.82. The van der Waals surface area contributed by atoms with E-state index in [1.807, 2.05) is 6.26 Å². The molecule has 106 valence electrons. The zero-order valence-corrected chi connectivity index (χ0v) is 12.9. The van der Waals surface area contributed by atoms with Crippen molar-refractivity contribution >= 4 is 39.1 Å². The Hall–Kier alpha value is -0.570. The standard InChI is InChI=1S/C11H15NO4S3/c1-17-8-2-4-12(5-3-8)19(15,16)9-6-10(11(13)14)18-7-9/h6-8H,2-5H2,1H3,(H,13,14). The van der Waals surface area contributed by atoms with Crippen molar-refractivity contribution in [2.45, 2.75) is 23.0 Å². The molecule has 1 N–H and O–H groups in total. The van der Waals surface area contributed by atoms with E-state index in [4.69, 9.17) is 5.11 Å². The van der Waals surface area contributed by atoms with Gasteiger partial charge in [-0.05, 0) is 25.2 Å². The Morgan fingerprint density at radius 3 is 2.58 bits per heavy atom. The number of nitrogens with zero attached hydrogens (tertiary/aromatic N) is 1. The van der Waals surface area contributed by atoms with Crippen LogP contribution in [0.5, 0.6) is 0 Å². The van der Waals surface area contributed by atoms with Gasteiger partial charge in [0.05, 0.1) is 4.90 Å². The summed E-state index contributed by atoms with van der Waals surface area (Å²) in [6.07, 6.45) is 3.72. The zero-order valence-electron chi connectivity index (χ0n) is 10.4. The molecular formula is C11H15NO4S3. The van der Waals surface area contributed by atoms with Crippen molar-refractivity contribution < 1.29 is 18.3 Å². The van der Waals surface area contributed by atoms with E-state index in [0.29, 0.717) is 18.3 Å². The average Bonchev–Trinajstić information content (AvgIpc) is 2.89. The predicted octanol–water partition coefficient (Wildman–Crippen LogP) is 1.96. The van der Waals surface area contributed by atoms with Gasteiger partial charge in [-0.15, -0.1) is 11.3 Å². The van der Waals surface area contributed by atoms with Crippen LogP contribution >= 0.6 is 23.1 Å².